The topological polar surface area (TPSA) is 68.4 Å². The van der Waals surface area contributed by atoms with E-state index < -0.39 is 5.38 Å². The lowest BCUT2D eigenvalue weighted by molar-refractivity contribution is -0.133. The van der Waals surface area contributed by atoms with Crippen molar-refractivity contribution in [2.45, 2.75) is 106 Å². The third kappa shape index (κ3) is 3.95. The molecule has 7 heteroatoms. The zero-order valence-electron chi connectivity index (χ0n) is 19.1. The third-order valence-corrected chi connectivity index (χ3v) is 10.1. The summed E-state index contributed by atoms with van der Waals surface area (Å²) in [6.45, 7) is 3.72. The molecule has 0 radical (unpaired) electrons. The van der Waals surface area contributed by atoms with Crippen molar-refractivity contribution >= 4 is 17.5 Å². The summed E-state index contributed by atoms with van der Waals surface area (Å²) in [4.78, 5) is 15.6. The number of fused-ring (bicyclic) bond motifs is 1. The van der Waals surface area contributed by atoms with Crippen LogP contribution < -0.4 is 21.5 Å². The van der Waals surface area contributed by atoms with E-state index in [1.54, 1.807) is 0 Å². The summed E-state index contributed by atoms with van der Waals surface area (Å²) in [6, 6.07) is 0.542. The average Bonchev–Trinajstić information content (AvgIpc) is 3.21. The van der Waals surface area contributed by atoms with Crippen LogP contribution in [0.25, 0.3) is 0 Å². The number of alkyl halides is 1. The van der Waals surface area contributed by atoms with E-state index in [0.717, 1.165) is 38.6 Å². The first kappa shape index (κ1) is 22.4. The van der Waals surface area contributed by atoms with Crippen LogP contribution in [0.5, 0.6) is 0 Å². The van der Waals surface area contributed by atoms with Gasteiger partial charge in [-0.3, -0.25) is 25.8 Å². The molecule has 0 aromatic rings. The van der Waals surface area contributed by atoms with Crippen LogP contribution in [-0.4, -0.2) is 59.6 Å². The first-order valence-corrected chi connectivity index (χ1v) is 13.5. The largest absolute Gasteiger partial charge is 0.300 e. The Bertz CT molecular complexity index is 635. The molecule has 5 aliphatic rings. The van der Waals surface area contributed by atoms with Gasteiger partial charge in [-0.05, 0) is 43.9 Å². The van der Waals surface area contributed by atoms with Gasteiger partial charge in [0, 0.05) is 32.3 Å². The van der Waals surface area contributed by atoms with E-state index in [4.69, 9.17) is 11.6 Å². The van der Waals surface area contributed by atoms with E-state index in [9.17, 15) is 4.79 Å². The lowest BCUT2D eigenvalue weighted by Gasteiger charge is -2.59. The molecule has 5 rings (SSSR count). The van der Waals surface area contributed by atoms with Crippen molar-refractivity contribution in [3.8, 4) is 0 Å². The summed E-state index contributed by atoms with van der Waals surface area (Å²) in [5.41, 5.74) is 5.94. The first-order chi connectivity index (χ1) is 15.2. The molecule has 0 spiro atoms. The number of carbonyl (C=O) groups is 1. The van der Waals surface area contributed by atoms with Crippen molar-refractivity contribution in [1.29, 1.82) is 0 Å². The van der Waals surface area contributed by atoms with Crippen LogP contribution in [0.1, 0.15) is 83.5 Å². The number of piperidine rings is 1. The minimum absolute atomic E-state index is 0.0404. The molecule has 6 nitrogen and oxygen atoms in total. The molecule has 4 unspecified atom stereocenters. The number of halogens is 1. The van der Waals surface area contributed by atoms with Crippen LogP contribution in [0.4, 0.5) is 0 Å². The van der Waals surface area contributed by atoms with Gasteiger partial charge in [-0.1, -0.05) is 51.4 Å². The van der Waals surface area contributed by atoms with E-state index in [1.807, 2.05) is 0 Å². The number of nitrogens with zero attached hydrogens (tertiary/aromatic N) is 1. The van der Waals surface area contributed by atoms with Crippen molar-refractivity contribution in [1.82, 2.24) is 26.4 Å². The molecule has 4 atom stereocenters. The maximum atomic E-state index is 12.9. The molecule has 0 aromatic carbocycles. The quantitative estimate of drug-likeness (QED) is 0.497. The van der Waals surface area contributed by atoms with Gasteiger partial charge < -0.3 is 0 Å². The van der Waals surface area contributed by atoms with Crippen LogP contribution >= 0.6 is 11.6 Å². The SMILES string of the molecule is O=C1NNCC(C2CCCCCCC2)(N2CCC3NCNC3(C3CCCCC3)C2)C1Cl. The molecule has 31 heavy (non-hydrogen) atoms. The molecule has 0 bridgehead atoms. The van der Waals surface area contributed by atoms with Gasteiger partial charge in [-0.25, -0.2) is 5.43 Å². The average molecular weight is 452 g/mol. The fourth-order valence-electron chi connectivity index (χ4n) is 7.87. The lowest BCUT2D eigenvalue weighted by atomic mass is 9.66. The number of rotatable bonds is 3. The monoisotopic (exact) mass is 451 g/mol. The van der Waals surface area contributed by atoms with Gasteiger partial charge in [0.1, 0.15) is 5.38 Å². The highest BCUT2D eigenvalue weighted by Crippen LogP contribution is 2.46. The number of hydrazine groups is 1. The number of likely N-dealkylation sites (tertiary alicyclic amines) is 1. The Morgan fingerprint density at radius 3 is 2.26 bits per heavy atom. The summed E-state index contributed by atoms with van der Waals surface area (Å²) in [5.74, 6) is 1.15. The van der Waals surface area contributed by atoms with Crippen molar-refractivity contribution in [3.05, 3.63) is 0 Å². The van der Waals surface area contributed by atoms with E-state index in [-0.39, 0.29) is 17.0 Å². The van der Waals surface area contributed by atoms with Gasteiger partial charge in [-0.2, -0.15) is 0 Å². The van der Waals surface area contributed by atoms with E-state index in [0.29, 0.717) is 12.0 Å². The van der Waals surface area contributed by atoms with Gasteiger partial charge in [0.15, 0.2) is 0 Å². The molecule has 2 saturated carbocycles. The molecule has 1 amide bonds. The second-order valence-electron chi connectivity index (χ2n) is 10.9. The zero-order chi connectivity index (χ0) is 21.3. The second-order valence-corrected chi connectivity index (χ2v) is 11.4. The normalized spacial score (nSPS) is 41.9. The van der Waals surface area contributed by atoms with Crippen LogP contribution in [0.3, 0.4) is 0 Å². The van der Waals surface area contributed by atoms with Crippen LogP contribution in [-0.2, 0) is 4.79 Å². The van der Waals surface area contributed by atoms with Crippen LogP contribution in [0, 0.1) is 11.8 Å². The zero-order valence-corrected chi connectivity index (χ0v) is 19.8. The van der Waals surface area contributed by atoms with Crippen molar-refractivity contribution < 1.29 is 4.79 Å². The van der Waals surface area contributed by atoms with Crippen LogP contribution in [0.15, 0.2) is 0 Å². The van der Waals surface area contributed by atoms with Gasteiger partial charge in [-0.15, -0.1) is 11.6 Å². The molecule has 176 valence electrons. The summed E-state index contributed by atoms with van der Waals surface area (Å²) < 4.78 is 0. The smallest absolute Gasteiger partial charge is 0.254 e. The molecule has 4 N–H and O–H groups in total. The van der Waals surface area contributed by atoms with Crippen molar-refractivity contribution in [3.63, 3.8) is 0 Å². The molecular weight excluding hydrogens is 410 g/mol. The Kier molecular flexibility index (Phi) is 6.83. The Labute approximate surface area is 192 Å². The Hall–Kier alpha value is -0.400. The van der Waals surface area contributed by atoms with Gasteiger partial charge in [0.2, 0.25) is 0 Å². The first-order valence-electron chi connectivity index (χ1n) is 13.1. The van der Waals surface area contributed by atoms with Gasteiger partial charge in [0.25, 0.3) is 5.91 Å². The van der Waals surface area contributed by atoms with Gasteiger partial charge in [0.05, 0.1) is 11.1 Å². The summed E-state index contributed by atoms with van der Waals surface area (Å²) in [7, 11) is 0. The highest BCUT2D eigenvalue weighted by molar-refractivity contribution is 6.32. The minimum atomic E-state index is -0.493. The van der Waals surface area contributed by atoms with Crippen molar-refractivity contribution in [2.24, 2.45) is 11.8 Å². The molecule has 3 heterocycles. The number of hydrogen-bond donors (Lipinski definition) is 4. The fraction of sp³-hybridized carbons (Fsp3) is 0.958. The minimum Gasteiger partial charge on any atom is -0.300 e. The maximum absolute atomic E-state index is 12.9. The molecular formula is C24H42ClN5O. The van der Waals surface area contributed by atoms with E-state index in [2.05, 4.69) is 26.4 Å². The van der Waals surface area contributed by atoms with Crippen LogP contribution in [0.2, 0.25) is 0 Å². The number of nitrogens with one attached hydrogen (secondary N) is 4. The Morgan fingerprint density at radius 2 is 1.52 bits per heavy atom. The summed E-state index contributed by atoms with van der Waals surface area (Å²) in [6.07, 6.45) is 16.8. The van der Waals surface area contributed by atoms with E-state index in [1.165, 1.54) is 77.0 Å². The predicted molar refractivity (Wildman–Crippen MR) is 125 cm³/mol. The van der Waals surface area contributed by atoms with Crippen molar-refractivity contribution in [2.75, 3.05) is 26.3 Å². The summed E-state index contributed by atoms with van der Waals surface area (Å²) in [5, 5.41) is 7.25. The second kappa shape index (κ2) is 9.46. The highest BCUT2D eigenvalue weighted by Gasteiger charge is 2.59. The molecule has 3 saturated heterocycles. The maximum Gasteiger partial charge on any atom is 0.254 e. The Morgan fingerprint density at radius 1 is 0.871 bits per heavy atom. The molecule has 0 aromatic heterocycles. The lowest BCUT2D eigenvalue weighted by Crippen LogP contribution is -2.78. The standard InChI is InChI=1S/C24H42ClN5O/c25-21-22(31)29-28-15-24(21,19-11-5-2-1-3-6-12-19)30-14-13-20-23(16-30,27-17-26-20)18-9-7-4-8-10-18/h18-21,26-28H,1-17H2,(H,29,31). The molecule has 5 fully saturated rings. The number of carbonyl (C=O) groups excluding carboxylic acids is 1. The van der Waals surface area contributed by atoms with Gasteiger partial charge >= 0.3 is 0 Å². The van der Waals surface area contributed by atoms with E-state index >= 15 is 0 Å². The fourth-order valence-corrected chi connectivity index (χ4v) is 8.32. The number of hydrogen-bond acceptors (Lipinski definition) is 5. The Balaban J connectivity index is 1.47. The predicted octanol–water partition coefficient (Wildman–Crippen LogP) is 2.87. The molecule has 2 aliphatic carbocycles. The molecule has 3 aliphatic heterocycles. The highest BCUT2D eigenvalue weighted by atomic mass is 35.5. The third-order valence-electron chi connectivity index (χ3n) is 9.51. The summed E-state index contributed by atoms with van der Waals surface area (Å²) >= 11 is 7.10. The number of amides is 1.